The number of carbonyl (C=O) groups is 1. The lowest BCUT2D eigenvalue weighted by atomic mass is 9.91. The van der Waals surface area contributed by atoms with Crippen LogP contribution in [0.4, 0.5) is 23.2 Å². The first-order chi connectivity index (χ1) is 11.5. The number of alkyl halides is 4. The standard InChI is InChI=1S/C13H16F4N4O4/c1-20-10(8(6-18-20)21(24)25)12(14)4-2-7(9(22)3-5-12)19-11(23)13(15,16)17/h6-7,9,22H,2-5H2,1H3,(H,19,23)/t7-,9-,12+/m1/s1. The van der Waals surface area contributed by atoms with E-state index in [1.165, 1.54) is 7.05 Å². The Kier molecular flexibility index (Phi) is 5.02. The number of amides is 1. The number of halogens is 4. The molecule has 1 aromatic heterocycles. The predicted octanol–water partition coefficient (Wildman–Crippen LogP) is 1.48. The summed E-state index contributed by atoms with van der Waals surface area (Å²) < 4.78 is 53.4. The van der Waals surface area contributed by atoms with Crippen LogP contribution in [-0.2, 0) is 17.5 Å². The van der Waals surface area contributed by atoms with Crippen LogP contribution in [0, 0.1) is 10.1 Å². The second kappa shape index (κ2) is 6.58. The van der Waals surface area contributed by atoms with Crippen LogP contribution in [0.2, 0.25) is 0 Å². The first-order valence-electron chi connectivity index (χ1n) is 7.37. The van der Waals surface area contributed by atoms with Gasteiger partial charge in [-0.15, -0.1) is 0 Å². The van der Waals surface area contributed by atoms with E-state index in [9.17, 15) is 33.2 Å². The van der Waals surface area contributed by atoms with Crippen molar-refractivity contribution in [2.45, 2.75) is 49.7 Å². The minimum Gasteiger partial charge on any atom is -0.391 e. The average molecular weight is 368 g/mol. The number of aryl methyl sites for hydroxylation is 1. The molecule has 1 saturated carbocycles. The van der Waals surface area contributed by atoms with Crippen LogP contribution in [0.3, 0.4) is 0 Å². The van der Waals surface area contributed by atoms with Gasteiger partial charge in [-0.2, -0.15) is 18.3 Å². The molecule has 0 aromatic carbocycles. The Balaban J connectivity index is 2.24. The van der Waals surface area contributed by atoms with E-state index >= 15 is 4.39 Å². The minimum absolute atomic E-state index is 0.276. The summed E-state index contributed by atoms with van der Waals surface area (Å²) in [6.45, 7) is 0. The number of aliphatic hydroxyl groups excluding tert-OH is 1. The zero-order valence-electron chi connectivity index (χ0n) is 13.1. The number of nitro groups is 1. The molecule has 1 fully saturated rings. The molecule has 25 heavy (non-hydrogen) atoms. The van der Waals surface area contributed by atoms with Crippen molar-refractivity contribution in [1.82, 2.24) is 15.1 Å². The summed E-state index contributed by atoms with van der Waals surface area (Å²) in [4.78, 5) is 21.3. The Morgan fingerprint density at radius 2 is 2.08 bits per heavy atom. The Morgan fingerprint density at radius 1 is 1.48 bits per heavy atom. The van der Waals surface area contributed by atoms with Crippen molar-refractivity contribution in [2.24, 2.45) is 7.05 Å². The third kappa shape index (κ3) is 3.89. The van der Waals surface area contributed by atoms with Gasteiger partial charge in [0.1, 0.15) is 6.20 Å². The van der Waals surface area contributed by atoms with E-state index in [1.54, 1.807) is 5.32 Å². The summed E-state index contributed by atoms with van der Waals surface area (Å²) in [5.41, 5.74) is -3.11. The van der Waals surface area contributed by atoms with Gasteiger partial charge < -0.3 is 10.4 Å². The molecule has 12 heteroatoms. The first kappa shape index (κ1) is 19.1. The van der Waals surface area contributed by atoms with Crippen molar-refractivity contribution < 1.29 is 32.4 Å². The molecule has 1 aromatic rings. The molecule has 0 saturated heterocycles. The smallest absolute Gasteiger partial charge is 0.391 e. The lowest BCUT2D eigenvalue weighted by molar-refractivity contribution is -0.386. The molecule has 0 bridgehead atoms. The SMILES string of the molecule is Cn1ncc([N+](=O)[O-])c1[C@@]1(F)CC[C@@H](O)[C@H](NC(=O)C(F)(F)F)CC1. The first-order valence-corrected chi connectivity index (χ1v) is 7.37. The van der Waals surface area contributed by atoms with Gasteiger partial charge in [0.2, 0.25) is 0 Å². The lowest BCUT2D eigenvalue weighted by Gasteiger charge is -2.23. The summed E-state index contributed by atoms with van der Waals surface area (Å²) >= 11 is 0. The van der Waals surface area contributed by atoms with Gasteiger partial charge in [0.05, 0.1) is 17.1 Å². The molecule has 0 aliphatic heterocycles. The summed E-state index contributed by atoms with van der Waals surface area (Å²) in [5, 5.41) is 26.3. The average Bonchev–Trinajstić information content (AvgIpc) is 2.84. The van der Waals surface area contributed by atoms with Gasteiger partial charge in [-0.05, 0) is 25.7 Å². The third-order valence-corrected chi connectivity index (χ3v) is 4.27. The third-order valence-electron chi connectivity index (χ3n) is 4.27. The van der Waals surface area contributed by atoms with Gasteiger partial charge in [0.15, 0.2) is 11.4 Å². The number of nitrogens with zero attached hydrogens (tertiary/aromatic N) is 3. The van der Waals surface area contributed by atoms with Crippen molar-refractivity contribution >= 4 is 11.6 Å². The van der Waals surface area contributed by atoms with E-state index in [-0.39, 0.29) is 25.0 Å². The molecular formula is C13H16F4N4O4. The molecule has 3 atom stereocenters. The Labute approximate surface area is 139 Å². The summed E-state index contributed by atoms with van der Waals surface area (Å²) in [6, 6.07) is -1.31. The predicted molar refractivity (Wildman–Crippen MR) is 75.1 cm³/mol. The highest BCUT2D eigenvalue weighted by Crippen LogP contribution is 2.43. The molecule has 8 nitrogen and oxygen atoms in total. The van der Waals surface area contributed by atoms with Crippen LogP contribution in [0.25, 0.3) is 0 Å². The molecule has 1 aliphatic rings. The van der Waals surface area contributed by atoms with Gasteiger partial charge in [-0.25, -0.2) is 4.39 Å². The van der Waals surface area contributed by atoms with E-state index in [4.69, 9.17) is 0 Å². The molecule has 1 aliphatic carbocycles. The number of hydrogen-bond donors (Lipinski definition) is 2. The molecule has 140 valence electrons. The maximum atomic E-state index is 15.4. The fraction of sp³-hybridized carbons (Fsp3) is 0.692. The van der Waals surface area contributed by atoms with Gasteiger partial charge >= 0.3 is 17.8 Å². The number of aromatic nitrogens is 2. The maximum Gasteiger partial charge on any atom is 0.471 e. The fourth-order valence-corrected chi connectivity index (χ4v) is 3.01. The highest BCUT2D eigenvalue weighted by molar-refractivity contribution is 5.82. The molecule has 1 amide bonds. The normalized spacial score (nSPS) is 27.6. The van der Waals surface area contributed by atoms with Crippen LogP contribution in [0.1, 0.15) is 31.4 Å². The maximum absolute atomic E-state index is 15.4. The molecule has 1 heterocycles. The van der Waals surface area contributed by atoms with Crippen LogP contribution < -0.4 is 5.32 Å². The van der Waals surface area contributed by atoms with Gasteiger partial charge in [-0.1, -0.05) is 0 Å². The highest BCUT2D eigenvalue weighted by atomic mass is 19.4. The molecule has 0 unspecified atom stereocenters. The summed E-state index contributed by atoms with van der Waals surface area (Å²) in [7, 11) is 1.31. The molecule has 2 N–H and O–H groups in total. The van der Waals surface area contributed by atoms with Crippen molar-refractivity contribution in [3.63, 3.8) is 0 Å². The molecule has 0 spiro atoms. The molecular weight excluding hydrogens is 352 g/mol. The van der Waals surface area contributed by atoms with Crippen LogP contribution in [0.5, 0.6) is 0 Å². The zero-order chi connectivity index (χ0) is 19.0. The Morgan fingerprint density at radius 3 is 2.64 bits per heavy atom. The van der Waals surface area contributed by atoms with Gasteiger partial charge in [0, 0.05) is 7.05 Å². The van der Waals surface area contributed by atoms with Crippen LogP contribution in [-0.4, -0.2) is 44.0 Å². The number of carbonyl (C=O) groups excluding carboxylic acids is 1. The number of rotatable bonds is 3. The van der Waals surface area contributed by atoms with Gasteiger partial charge in [-0.3, -0.25) is 19.6 Å². The topological polar surface area (TPSA) is 110 Å². The summed E-state index contributed by atoms with van der Waals surface area (Å²) in [5.74, 6) is -2.23. The van der Waals surface area contributed by atoms with Crippen molar-refractivity contribution in [3.8, 4) is 0 Å². The Bertz CT molecular complexity index is 677. The second-order valence-electron chi connectivity index (χ2n) is 5.95. The van der Waals surface area contributed by atoms with Crippen LogP contribution in [0.15, 0.2) is 6.20 Å². The van der Waals surface area contributed by atoms with E-state index in [0.717, 1.165) is 10.9 Å². The molecule has 2 rings (SSSR count). The number of nitrogens with one attached hydrogen (secondary N) is 1. The zero-order valence-corrected chi connectivity index (χ0v) is 13.1. The quantitative estimate of drug-likeness (QED) is 0.363. The van der Waals surface area contributed by atoms with Gasteiger partial charge in [0.25, 0.3) is 0 Å². The number of aliphatic hydroxyl groups is 1. The Hall–Kier alpha value is -2.24. The fourth-order valence-electron chi connectivity index (χ4n) is 3.01. The number of hydrogen-bond acceptors (Lipinski definition) is 5. The van der Waals surface area contributed by atoms with Crippen LogP contribution >= 0.6 is 0 Å². The largest absolute Gasteiger partial charge is 0.471 e. The highest BCUT2D eigenvalue weighted by Gasteiger charge is 2.46. The van der Waals surface area contributed by atoms with E-state index in [1.807, 2.05) is 0 Å². The van der Waals surface area contributed by atoms with E-state index < -0.39 is 46.9 Å². The van der Waals surface area contributed by atoms with E-state index in [2.05, 4.69) is 5.10 Å². The van der Waals surface area contributed by atoms with Crippen molar-refractivity contribution in [2.75, 3.05) is 0 Å². The van der Waals surface area contributed by atoms with Crippen molar-refractivity contribution in [3.05, 3.63) is 22.0 Å². The lowest BCUT2D eigenvalue weighted by Crippen LogP contribution is -2.48. The second-order valence-corrected chi connectivity index (χ2v) is 5.95. The van der Waals surface area contributed by atoms with Crippen molar-refractivity contribution in [1.29, 1.82) is 0 Å². The summed E-state index contributed by atoms with van der Waals surface area (Å²) in [6.07, 6.45) is -7.00. The minimum atomic E-state index is -5.13. The monoisotopic (exact) mass is 368 g/mol. The van der Waals surface area contributed by atoms with E-state index in [0.29, 0.717) is 0 Å². The molecule has 0 radical (unpaired) electrons.